The van der Waals surface area contributed by atoms with Crippen molar-refractivity contribution >= 4 is 11.6 Å². The Hall–Kier alpha value is -2.40. The topological polar surface area (TPSA) is 88.2 Å². The summed E-state index contributed by atoms with van der Waals surface area (Å²) in [5, 5.41) is 12.3. The molecular weight excluding hydrogens is 266 g/mol. The smallest absolute Gasteiger partial charge is 0.253 e. The summed E-state index contributed by atoms with van der Waals surface area (Å²) in [6, 6.07) is 11.0. The van der Waals surface area contributed by atoms with Gasteiger partial charge in [-0.15, -0.1) is 0 Å². The quantitative estimate of drug-likeness (QED) is 0.772. The van der Waals surface area contributed by atoms with Gasteiger partial charge < -0.3 is 16.2 Å². The second-order valence-corrected chi connectivity index (χ2v) is 4.94. The number of nitrogens with one attached hydrogen (secondary N) is 1. The molecule has 21 heavy (non-hydrogen) atoms. The third-order valence-corrected chi connectivity index (χ3v) is 3.23. The number of aromatic nitrogens is 1. The minimum absolute atomic E-state index is 0.130. The highest BCUT2D eigenvalue weighted by Crippen LogP contribution is 2.10. The van der Waals surface area contributed by atoms with E-state index in [0.717, 1.165) is 5.56 Å². The number of amides is 1. The average Bonchev–Trinajstić information content (AvgIpc) is 2.50. The summed E-state index contributed by atoms with van der Waals surface area (Å²) < 4.78 is 0. The maximum absolute atomic E-state index is 12.3. The van der Waals surface area contributed by atoms with Crippen LogP contribution in [0, 0.1) is 6.92 Å². The van der Waals surface area contributed by atoms with Crippen molar-refractivity contribution in [2.75, 3.05) is 12.3 Å². The summed E-state index contributed by atoms with van der Waals surface area (Å²) >= 11 is 0. The van der Waals surface area contributed by atoms with Crippen LogP contribution < -0.4 is 11.1 Å². The van der Waals surface area contributed by atoms with Gasteiger partial charge in [0, 0.05) is 0 Å². The maximum atomic E-state index is 12.3. The molecule has 2 rings (SSSR count). The molecule has 5 heteroatoms. The number of nitrogens with zero attached hydrogens (tertiary/aromatic N) is 1. The molecule has 0 aliphatic carbocycles. The summed E-state index contributed by atoms with van der Waals surface area (Å²) in [5.74, 6) is -0.276. The predicted octanol–water partition coefficient (Wildman–Crippen LogP) is 1.31. The molecule has 1 heterocycles. The fourth-order valence-electron chi connectivity index (χ4n) is 2.10. The van der Waals surface area contributed by atoms with Gasteiger partial charge in [-0.3, -0.25) is 9.78 Å². The number of nitrogens with two attached hydrogens (primary N) is 1. The first kappa shape index (κ1) is 15.0. The highest BCUT2D eigenvalue weighted by atomic mass is 16.3. The zero-order valence-corrected chi connectivity index (χ0v) is 11.9. The standard InChI is InChI=1S/C16H19N3O2/c1-11-15(8-13(17)9-18-11)16(21)19-14(10-20)7-12-5-3-2-4-6-12/h2-6,8-9,14,20H,7,10,17H2,1H3,(H,19,21). The lowest BCUT2D eigenvalue weighted by molar-refractivity contribution is 0.0915. The number of nitrogen functional groups attached to an aromatic ring is 1. The van der Waals surface area contributed by atoms with E-state index >= 15 is 0 Å². The summed E-state index contributed by atoms with van der Waals surface area (Å²) in [4.78, 5) is 16.3. The van der Waals surface area contributed by atoms with Crippen molar-refractivity contribution in [2.24, 2.45) is 0 Å². The van der Waals surface area contributed by atoms with Crippen LogP contribution in [0.5, 0.6) is 0 Å². The number of pyridine rings is 1. The molecule has 0 aliphatic heterocycles. The summed E-state index contributed by atoms with van der Waals surface area (Å²) in [7, 11) is 0. The van der Waals surface area contributed by atoms with Gasteiger partial charge in [-0.25, -0.2) is 0 Å². The van der Waals surface area contributed by atoms with E-state index in [4.69, 9.17) is 5.73 Å². The van der Waals surface area contributed by atoms with Gasteiger partial charge in [0.1, 0.15) is 0 Å². The van der Waals surface area contributed by atoms with E-state index in [1.54, 1.807) is 13.0 Å². The van der Waals surface area contributed by atoms with Crippen molar-refractivity contribution in [3.05, 3.63) is 59.4 Å². The van der Waals surface area contributed by atoms with Crippen LogP contribution in [-0.2, 0) is 6.42 Å². The molecule has 1 amide bonds. The van der Waals surface area contributed by atoms with E-state index in [9.17, 15) is 9.90 Å². The molecule has 0 saturated heterocycles. The number of aliphatic hydroxyl groups excluding tert-OH is 1. The van der Waals surface area contributed by atoms with E-state index < -0.39 is 0 Å². The third-order valence-electron chi connectivity index (χ3n) is 3.23. The van der Waals surface area contributed by atoms with Crippen LogP contribution in [0.15, 0.2) is 42.6 Å². The summed E-state index contributed by atoms with van der Waals surface area (Å²) in [6.45, 7) is 1.62. The number of benzene rings is 1. The van der Waals surface area contributed by atoms with Crippen LogP contribution >= 0.6 is 0 Å². The Morgan fingerprint density at radius 2 is 2.10 bits per heavy atom. The number of carbonyl (C=O) groups excluding carboxylic acids is 1. The molecular formula is C16H19N3O2. The second-order valence-electron chi connectivity index (χ2n) is 4.94. The van der Waals surface area contributed by atoms with E-state index in [2.05, 4.69) is 10.3 Å². The Bertz CT molecular complexity index is 614. The largest absolute Gasteiger partial charge is 0.397 e. The Balaban J connectivity index is 2.07. The first-order chi connectivity index (χ1) is 10.1. The molecule has 4 N–H and O–H groups in total. The lowest BCUT2D eigenvalue weighted by Gasteiger charge is -2.17. The van der Waals surface area contributed by atoms with Gasteiger partial charge in [-0.2, -0.15) is 0 Å². The Kier molecular flexibility index (Phi) is 4.90. The lowest BCUT2D eigenvalue weighted by atomic mass is 10.1. The zero-order chi connectivity index (χ0) is 15.2. The normalized spacial score (nSPS) is 11.9. The van der Waals surface area contributed by atoms with Crippen LogP contribution in [0.2, 0.25) is 0 Å². The number of hydrogen-bond acceptors (Lipinski definition) is 4. The molecule has 1 aromatic heterocycles. The summed E-state index contributed by atoms with van der Waals surface area (Å²) in [5.41, 5.74) is 8.20. The van der Waals surface area contributed by atoms with Gasteiger partial charge in [0.2, 0.25) is 0 Å². The Morgan fingerprint density at radius 3 is 2.76 bits per heavy atom. The number of anilines is 1. The van der Waals surface area contributed by atoms with E-state index in [1.165, 1.54) is 6.20 Å². The lowest BCUT2D eigenvalue weighted by Crippen LogP contribution is -2.39. The molecule has 1 aromatic carbocycles. The van der Waals surface area contributed by atoms with Crippen LogP contribution in [0.1, 0.15) is 21.6 Å². The molecule has 0 radical (unpaired) electrons. The molecule has 0 fully saturated rings. The molecule has 0 spiro atoms. The van der Waals surface area contributed by atoms with Gasteiger partial charge in [-0.1, -0.05) is 30.3 Å². The van der Waals surface area contributed by atoms with Gasteiger partial charge in [0.15, 0.2) is 0 Å². The average molecular weight is 285 g/mol. The first-order valence-corrected chi connectivity index (χ1v) is 6.78. The maximum Gasteiger partial charge on any atom is 0.253 e. The third kappa shape index (κ3) is 4.03. The molecule has 5 nitrogen and oxygen atoms in total. The number of hydrogen-bond donors (Lipinski definition) is 3. The van der Waals surface area contributed by atoms with Crippen molar-refractivity contribution in [2.45, 2.75) is 19.4 Å². The van der Waals surface area contributed by atoms with Crippen LogP contribution in [0.25, 0.3) is 0 Å². The van der Waals surface area contributed by atoms with E-state index in [-0.39, 0.29) is 18.6 Å². The first-order valence-electron chi connectivity index (χ1n) is 6.78. The molecule has 0 saturated carbocycles. The molecule has 0 bridgehead atoms. The van der Waals surface area contributed by atoms with Gasteiger partial charge in [0.05, 0.1) is 35.8 Å². The van der Waals surface area contributed by atoms with Crippen molar-refractivity contribution in [3.63, 3.8) is 0 Å². The number of rotatable bonds is 5. The number of carbonyl (C=O) groups is 1. The second kappa shape index (κ2) is 6.85. The van der Waals surface area contributed by atoms with Crippen LogP contribution in [0.4, 0.5) is 5.69 Å². The SMILES string of the molecule is Cc1ncc(N)cc1C(=O)NC(CO)Cc1ccccc1. The van der Waals surface area contributed by atoms with Crippen molar-refractivity contribution in [1.82, 2.24) is 10.3 Å². The molecule has 2 aromatic rings. The molecule has 110 valence electrons. The van der Waals surface area contributed by atoms with Crippen LogP contribution in [-0.4, -0.2) is 28.6 Å². The van der Waals surface area contributed by atoms with E-state index in [1.807, 2.05) is 30.3 Å². The molecule has 1 atom stereocenters. The fourth-order valence-corrected chi connectivity index (χ4v) is 2.10. The van der Waals surface area contributed by atoms with Crippen molar-refractivity contribution < 1.29 is 9.90 Å². The highest BCUT2D eigenvalue weighted by Gasteiger charge is 2.16. The fraction of sp³-hybridized carbons (Fsp3) is 0.250. The minimum atomic E-state index is -0.347. The van der Waals surface area contributed by atoms with Gasteiger partial charge in [-0.05, 0) is 25.0 Å². The predicted molar refractivity (Wildman–Crippen MR) is 81.9 cm³/mol. The van der Waals surface area contributed by atoms with Gasteiger partial charge in [0.25, 0.3) is 5.91 Å². The van der Waals surface area contributed by atoms with Crippen molar-refractivity contribution in [3.8, 4) is 0 Å². The Morgan fingerprint density at radius 1 is 1.38 bits per heavy atom. The van der Waals surface area contributed by atoms with E-state index in [0.29, 0.717) is 23.4 Å². The van der Waals surface area contributed by atoms with Crippen molar-refractivity contribution in [1.29, 1.82) is 0 Å². The monoisotopic (exact) mass is 285 g/mol. The van der Waals surface area contributed by atoms with Gasteiger partial charge >= 0.3 is 0 Å². The zero-order valence-electron chi connectivity index (χ0n) is 11.9. The van der Waals surface area contributed by atoms with Crippen LogP contribution in [0.3, 0.4) is 0 Å². The molecule has 1 unspecified atom stereocenters. The minimum Gasteiger partial charge on any atom is -0.397 e. The number of aliphatic hydroxyl groups is 1. The number of aryl methyl sites for hydroxylation is 1. The summed E-state index contributed by atoms with van der Waals surface area (Å²) in [6.07, 6.45) is 2.08. The highest BCUT2D eigenvalue weighted by molar-refractivity contribution is 5.96. The molecule has 0 aliphatic rings. The Labute approximate surface area is 123 Å².